The van der Waals surface area contributed by atoms with Gasteiger partial charge in [0.05, 0.1) is 5.52 Å². The molecule has 1 saturated heterocycles. The van der Waals surface area contributed by atoms with E-state index in [2.05, 4.69) is 10.2 Å². The Bertz CT molecular complexity index is 1060. The van der Waals surface area contributed by atoms with Crippen LogP contribution in [-0.2, 0) is 11.3 Å². The summed E-state index contributed by atoms with van der Waals surface area (Å²) in [5.74, 6) is -0.869. The molecule has 0 atom stereocenters. The number of hydrogen-bond acceptors (Lipinski definition) is 4. The molecule has 4 rings (SSSR count). The normalized spacial score (nSPS) is 14.1. The number of benzene rings is 2. The number of aromatic nitrogens is 1. The number of rotatable bonds is 4. The SMILES string of the molecule is Cc1cc(NC(=O)Cn2c(=O)oc3cc(Cl)ccc32)ccc1N1CCCC1. The minimum absolute atomic E-state index is 0.125. The molecule has 3 aromatic rings. The molecule has 27 heavy (non-hydrogen) atoms. The molecule has 1 N–H and O–H groups in total. The Morgan fingerprint density at radius 3 is 2.70 bits per heavy atom. The van der Waals surface area contributed by atoms with Crippen LogP contribution in [0.25, 0.3) is 11.1 Å². The summed E-state index contributed by atoms with van der Waals surface area (Å²) in [5, 5.41) is 3.33. The number of aryl methyl sites for hydroxylation is 1. The highest BCUT2D eigenvalue weighted by molar-refractivity contribution is 6.31. The number of nitrogens with zero attached hydrogens (tertiary/aromatic N) is 2. The summed E-state index contributed by atoms with van der Waals surface area (Å²) < 4.78 is 6.46. The van der Waals surface area contributed by atoms with Crippen molar-refractivity contribution in [2.45, 2.75) is 26.3 Å². The van der Waals surface area contributed by atoms with E-state index < -0.39 is 5.76 Å². The summed E-state index contributed by atoms with van der Waals surface area (Å²) in [6, 6.07) is 10.8. The van der Waals surface area contributed by atoms with Crippen molar-refractivity contribution < 1.29 is 9.21 Å². The first-order chi connectivity index (χ1) is 13.0. The Hall–Kier alpha value is -2.73. The Morgan fingerprint density at radius 2 is 1.96 bits per heavy atom. The van der Waals surface area contributed by atoms with Crippen LogP contribution in [0.15, 0.2) is 45.6 Å². The van der Waals surface area contributed by atoms with Crippen molar-refractivity contribution >= 4 is 40.0 Å². The quantitative estimate of drug-likeness (QED) is 0.741. The van der Waals surface area contributed by atoms with Gasteiger partial charge in [-0.25, -0.2) is 4.79 Å². The van der Waals surface area contributed by atoms with Gasteiger partial charge in [-0.15, -0.1) is 0 Å². The molecule has 0 radical (unpaired) electrons. The number of carbonyl (C=O) groups is 1. The maximum atomic E-state index is 12.4. The van der Waals surface area contributed by atoms with Gasteiger partial charge in [0.2, 0.25) is 5.91 Å². The van der Waals surface area contributed by atoms with Gasteiger partial charge >= 0.3 is 5.76 Å². The molecule has 140 valence electrons. The summed E-state index contributed by atoms with van der Waals surface area (Å²) in [5.41, 5.74) is 3.95. The zero-order chi connectivity index (χ0) is 19.0. The second-order valence-corrected chi connectivity index (χ2v) is 7.25. The van der Waals surface area contributed by atoms with Crippen molar-refractivity contribution in [3.63, 3.8) is 0 Å². The molecular weight excluding hydrogens is 366 g/mol. The smallest absolute Gasteiger partial charge is 0.408 e. The number of oxazole rings is 1. The Morgan fingerprint density at radius 1 is 1.19 bits per heavy atom. The lowest BCUT2D eigenvalue weighted by Gasteiger charge is -2.20. The number of hydrogen-bond donors (Lipinski definition) is 1. The van der Waals surface area contributed by atoms with E-state index in [9.17, 15) is 9.59 Å². The lowest BCUT2D eigenvalue weighted by Crippen LogP contribution is -2.25. The largest absolute Gasteiger partial charge is 0.420 e. The molecule has 1 amide bonds. The molecule has 0 unspecified atom stereocenters. The summed E-state index contributed by atoms with van der Waals surface area (Å²) in [7, 11) is 0. The van der Waals surface area contributed by atoms with E-state index in [1.54, 1.807) is 18.2 Å². The fraction of sp³-hybridized carbons (Fsp3) is 0.300. The predicted molar refractivity (Wildman–Crippen MR) is 107 cm³/mol. The van der Waals surface area contributed by atoms with E-state index in [1.807, 2.05) is 25.1 Å². The molecule has 0 bridgehead atoms. The van der Waals surface area contributed by atoms with Crippen LogP contribution in [0.3, 0.4) is 0 Å². The summed E-state index contributed by atoms with van der Waals surface area (Å²) >= 11 is 5.91. The molecule has 0 saturated carbocycles. The molecule has 1 aliphatic heterocycles. The van der Waals surface area contributed by atoms with E-state index in [0.717, 1.165) is 18.7 Å². The van der Waals surface area contributed by atoms with Crippen LogP contribution < -0.4 is 16.0 Å². The molecule has 1 fully saturated rings. The Kier molecular flexibility index (Phi) is 4.66. The van der Waals surface area contributed by atoms with Crippen molar-refractivity contribution in [2.75, 3.05) is 23.3 Å². The van der Waals surface area contributed by atoms with E-state index in [1.165, 1.54) is 23.1 Å². The van der Waals surface area contributed by atoms with Crippen molar-refractivity contribution in [3.05, 3.63) is 57.5 Å². The third-order valence-corrected chi connectivity index (χ3v) is 5.09. The Balaban J connectivity index is 1.51. The fourth-order valence-corrected chi connectivity index (χ4v) is 3.74. The molecule has 2 aromatic carbocycles. The van der Waals surface area contributed by atoms with E-state index in [-0.39, 0.29) is 12.5 Å². The third-order valence-electron chi connectivity index (χ3n) is 4.86. The van der Waals surface area contributed by atoms with Gasteiger partial charge in [-0.05, 0) is 55.7 Å². The average Bonchev–Trinajstić information content (AvgIpc) is 3.23. The van der Waals surface area contributed by atoms with Crippen LogP contribution >= 0.6 is 11.6 Å². The first-order valence-corrected chi connectivity index (χ1v) is 9.33. The van der Waals surface area contributed by atoms with Crippen molar-refractivity contribution in [1.82, 2.24) is 4.57 Å². The summed E-state index contributed by atoms with van der Waals surface area (Å²) in [6.45, 7) is 4.07. The van der Waals surface area contributed by atoms with Crippen LogP contribution in [0.2, 0.25) is 5.02 Å². The van der Waals surface area contributed by atoms with E-state index in [4.69, 9.17) is 16.0 Å². The fourth-order valence-electron chi connectivity index (χ4n) is 3.58. The van der Waals surface area contributed by atoms with Crippen molar-refractivity contribution in [3.8, 4) is 0 Å². The molecule has 7 heteroatoms. The number of carbonyl (C=O) groups excluding carboxylic acids is 1. The minimum Gasteiger partial charge on any atom is -0.408 e. The van der Waals surface area contributed by atoms with Crippen LogP contribution in [0.5, 0.6) is 0 Å². The van der Waals surface area contributed by atoms with Gasteiger partial charge in [-0.1, -0.05) is 11.6 Å². The average molecular weight is 386 g/mol. The molecule has 1 aliphatic rings. The first kappa shape index (κ1) is 17.7. The van der Waals surface area contributed by atoms with Crippen LogP contribution in [0.4, 0.5) is 11.4 Å². The number of anilines is 2. The standard InChI is InChI=1S/C20H20ClN3O3/c1-13-10-15(5-7-16(13)23-8-2-3-9-23)22-19(25)12-24-17-6-4-14(21)11-18(17)27-20(24)26/h4-7,10-11H,2-3,8-9,12H2,1H3,(H,22,25). The highest BCUT2D eigenvalue weighted by Gasteiger charge is 2.16. The van der Waals surface area contributed by atoms with E-state index >= 15 is 0 Å². The molecular formula is C20H20ClN3O3. The zero-order valence-corrected chi connectivity index (χ0v) is 15.8. The number of fused-ring (bicyclic) bond motifs is 1. The highest BCUT2D eigenvalue weighted by atomic mass is 35.5. The van der Waals surface area contributed by atoms with Gasteiger partial charge in [0.1, 0.15) is 6.54 Å². The van der Waals surface area contributed by atoms with Gasteiger partial charge in [-0.2, -0.15) is 0 Å². The van der Waals surface area contributed by atoms with Gasteiger partial charge in [-0.3, -0.25) is 9.36 Å². The molecule has 2 heterocycles. The van der Waals surface area contributed by atoms with Crippen molar-refractivity contribution in [1.29, 1.82) is 0 Å². The molecule has 6 nitrogen and oxygen atoms in total. The second kappa shape index (κ2) is 7.12. The zero-order valence-electron chi connectivity index (χ0n) is 15.0. The monoisotopic (exact) mass is 385 g/mol. The van der Waals surface area contributed by atoms with Gasteiger partial charge in [0.15, 0.2) is 5.58 Å². The third kappa shape index (κ3) is 3.57. The van der Waals surface area contributed by atoms with Gasteiger partial charge in [0, 0.05) is 35.6 Å². The lowest BCUT2D eigenvalue weighted by molar-refractivity contribution is -0.116. The summed E-state index contributed by atoms with van der Waals surface area (Å²) in [6.07, 6.45) is 2.44. The van der Waals surface area contributed by atoms with Gasteiger partial charge in [0.25, 0.3) is 0 Å². The van der Waals surface area contributed by atoms with E-state index in [0.29, 0.717) is 21.8 Å². The van der Waals surface area contributed by atoms with Crippen molar-refractivity contribution in [2.24, 2.45) is 0 Å². The topological polar surface area (TPSA) is 67.5 Å². The maximum absolute atomic E-state index is 12.4. The number of nitrogens with one attached hydrogen (secondary N) is 1. The van der Waals surface area contributed by atoms with Crippen LogP contribution in [-0.4, -0.2) is 23.6 Å². The Labute approximate surface area is 161 Å². The molecule has 1 aromatic heterocycles. The van der Waals surface area contributed by atoms with Gasteiger partial charge < -0.3 is 14.6 Å². The predicted octanol–water partition coefficient (Wildman–Crippen LogP) is 3.80. The highest BCUT2D eigenvalue weighted by Crippen LogP contribution is 2.26. The molecule has 0 aliphatic carbocycles. The first-order valence-electron chi connectivity index (χ1n) is 8.95. The lowest BCUT2D eigenvalue weighted by atomic mass is 10.1. The summed E-state index contributed by atoms with van der Waals surface area (Å²) in [4.78, 5) is 26.9. The molecule has 0 spiro atoms. The minimum atomic E-state index is -0.581. The number of halogens is 1. The number of amides is 1. The van der Waals surface area contributed by atoms with Crippen LogP contribution in [0, 0.1) is 6.92 Å². The maximum Gasteiger partial charge on any atom is 0.420 e. The second-order valence-electron chi connectivity index (χ2n) is 6.81. The van der Waals surface area contributed by atoms with Crippen LogP contribution in [0.1, 0.15) is 18.4 Å².